The van der Waals surface area contributed by atoms with Crippen LogP contribution in [0.25, 0.3) is 0 Å². The van der Waals surface area contributed by atoms with Crippen molar-refractivity contribution in [2.24, 2.45) is 0 Å². The van der Waals surface area contributed by atoms with Crippen LogP contribution in [0, 0.1) is 0 Å². The van der Waals surface area contributed by atoms with E-state index in [1.54, 1.807) is 12.1 Å². The van der Waals surface area contributed by atoms with E-state index in [2.05, 4.69) is 4.72 Å². The van der Waals surface area contributed by atoms with Crippen molar-refractivity contribution in [3.05, 3.63) is 23.2 Å². The molecule has 16 heavy (non-hydrogen) atoms. The summed E-state index contributed by atoms with van der Waals surface area (Å²) in [6.45, 7) is -0.446. The molecular weight excluding hydrogens is 254 g/mol. The quantitative estimate of drug-likeness (QED) is 0.835. The number of aliphatic hydroxyl groups is 1. The Balaban J connectivity index is 3.00. The number of anilines is 1. The average Bonchev–Trinajstić information content (AvgIpc) is 2.17. The van der Waals surface area contributed by atoms with E-state index in [1.807, 2.05) is 0 Å². The largest absolute Gasteiger partial charge is 0.495 e. The SMILES string of the molecule is COc1ccc(Cl)cc1NS(=O)(=O)CCO. The first-order chi connectivity index (χ1) is 7.48. The number of hydrogen-bond donors (Lipinski definition) is 2. The van der Waals surface area contributed by atoms with Gasteiger partial charge < -0.3 is 9.84 Å². The third kappa shape index (κ3) is 3.55. The lowest BCUT2D eigenvalue weighted by atomic mass is 10.3. The van der Waals surface area contributed by atoms with Crippen LogP contribution < -0.4 is 9.46 Å². The number of hydrogen-bond acceptors (Lipinski definition) is 4. The van der Waals surface area contributed by atoms with Gasteiger partial charge in [-0.25, -0.2) is 8.42 Å². The number of benzene rings is 1. The molecule has 1 aromatic carbocycles. The number of ether oxygens (including phenoxy) is 1. The standard InChI is InChI=1S/C9H12ClNO4S/c1-15-9-3-2-7(10)6-8(9)11-16(13,14)5-4-12/h2-3,6,11-12H,4-5H2,1H3. The molecule has 0 amide bonds. The Morgan fingerprint density at radius 2 is 2.19 bits per heavy atom. The van der Waals surface area contributed by atoms with Crippen LogP contribution in [0.2, 0.25) is 5.02 Å². The molecule has 0 heterocycles. The maximum atomic E-state index is 11.4. The number of aliphatic hydroxyl groups excluding tert-OH is 1. The molecule has 0 radical (unpaired) electrons. The van der Waals surface area contributed by atoms with Gasteiger partial charge in [-0.15, -0.1) is 0 Å². The Bertz CT molecular complexity index is 461. The molecule has 0 saturated heterocycles. The van der Waals surface area contributed by atoms with Crippen LogP contribution in [-0.2, 0) is 10.0 Å². The molecule has 0 aliphatic rings. The molecule has 0 bridgehead atoms. The van der Waals surface area contributed by atoms with Gasteiger partial charge in [0.15, 0.2) is 0 Å². The highest BCUT2D eigenvalue weighted by atomic mass is 35.5. The first-order valence-corrected chi connectivity index (χ1v) is 6.46. The van der Waals surface area contributed by atoms with Gasteiger partial charge in [0.05, 0.1) is 25.2 Å². The van der Waals surface area contributed by atoms with E-state index in [0.29, 0.717) is 10.8 Å². The number of halogens is 1. The fourth-order valence-electron chi connectivity index (χ4n) is 1.10. The van der Waals surface area contributed by atoms with Crippen LogP contribution in [0.5, 0.6) is 5.75 Å². The lowest BCUT2D eigenvalue weighted by Crippen LogP contribution is -2.19. The summed E-state index contributed by atoms with van der Waals surface area (Å²) in [5, 5.41) is 8.98. The van der Waals surface area contributed by atoms with Crippen molar-refractivity contribution in [1.82, 2.24) is 0 Å². The Kier molecular flexibility index (Phi) is 4.40. The van der Waals surface area contributed by atoms with E-state index >= 15 is 0 Å². The van der Waals surface area contributed by atoms with Crippen molar-refractivity contribution in [3.8, 4) is 5.75 Å². The minimum absolute atomic E-state index is 0.253. The van der Waals surface area contributed by atoms with Crippen LogP contribution in [0.3, 0.4) is 0 Å². The van der Waals surface area contributed by atoms with Gasteiger partial charge in [-0.2, -0.15) is 0 Å². The maximum Gasteiger partial charge on any atom is 0.235 e. The molecule has 90 valence electrons. The molecule has 0 aromatic heterocycles. The van der Waals surface area contributed by atoms with Crippen LogP contribution >= 0.6 is 11.6 Å². The van der Waals surface area contributed by atoms with Gasteiger partial charge in [-0.1, -0.05) is 11.6 Å². The van der Waals surface area contributed by atoms with Gasteiger partial charge in [-0.05, 0) is 18.2 Å². The molecule has 0 atom stereocenters. The second-order valence-corrected chi connectivity index (χ2v) is 5.27. The Morgan fingerprint density at radius 1 is 1.50 bits per heavy atom. The first kappa shape index (κ1) is 13.1. The third-order valence-electron chi connectivity index (χ3n) is 1.79. The van der Waals surface area contributed by atoms with Crippen molar-refractivity contribution in [2.75, 3.05) is 24.2 Å². The molecule has 1 aromatic rings. The van der Waals surface area contributed by atoms with Crippen LogP contribution in [0.1, 0.15) is 0 Å². The number of methoxy groups -OCH3 is 1. The normalized spacial score (nSPS) is 11.2. The van der Waals surface area contributed by atoms with E-state index in [4.69, 9.17) is 21.4 Å². The van der Waals surface area contributed by atoms with Crippen molar-refractivity contribution in [3.63, 3.8) is 0 Å². The smallest absolute Gasteiger partial charge is 0.235 e. The van der Waals surface area contributed by atoms with Gasteiger partial charge in [0.2, 0.25) is 10.0 Å². The molecule has 0 saturated carbocycles. The highest BCUT2D eigenvalue weighted by molar-refractivity contribution is 7.92. The van der Waals surface area contributed by atoms with Gasteiger partial charge >= 0.3 is 0 Å². The summed E-state index contributed by atoms with van der Waals surface area (Å²) < 4.78 is 30.1. The molecule has 0 unspecified atom stereocenters. The van der Waals surface area contributed by atoms with E-state index in [-0.39, 0.29) is 11.4 Å². The van der Waals surface area contributed by atoms with Crippen LogP contribution in [-0.4, -0.2) is 33.0 Å². The highest BCUT2D eigenvalue weighted by Crippen LogP contribution is 2.28. The van der Waals surface area contributed by atoms with E-state index in [0.717, 1.165) is 0 Å². The molecule has 0 spiro atoms. The summed E-state index contributed by atoms with van der Waals surface area (Å²) >= 11 is 5.74. The fraction of sp³-hybridized carbons (Fsp3) is 0.333. The maximum absolute atomic E-state index is 11.4. The molecule has 0 aliphatic heterocycles. The highest BCUT2D eigenvalue weighted by Gasteiger charge is 2.13. The zero-order chi connectivity index (χ0) is 12.2. The van der Waals surface area contributed by atoms with Crippen LogP contribution in [0.4, 0.5) is 5.69 Å². The molecule has 0 fully saturated rings. The lowest BCUT2D eigenvalue weighted by Gasteiger charge is -2.11. The summed E-state index contributed by atoms with van der Waals surface area (Å²) in [4.78, 5) is 0. The fourth-order valence-corrected chi connectivity index (χ4v) is 2.11. The zero-order valence-corrected chi connectivity index (χ0v) is 10.2. The Hall–Kier alpha value is -0.980. The second kappa shape index (κ2) is 5.38. The van der Waals surface area contributed by atoms with Gasteiger partial charge in [0, 0.05) is 5.02 Å². The predicted molar refractivity (Wildman–Crippen MR) is 62.5 cm³/mol. The number of nitrogens with one attached hydrogen (secondary N) is 1. The Morgan fingerprint density at radius 3 is 2.75 bits per heavy atom. The molecule has 2 N–H and O–H groups in total. The van der Waals surface area contributed by atoms with E-state index < -0.39 is 16.6 Å². The molecule has 0 aliphatic carbocycles. The summed E-state index contributed by atoms with van der Waals surface area (Å²) in [5.74, 6) is -0.00577. The summed E-state index contributed by atoms with van der Waals surface area (Å²) in [7, 11) is -2.15. The van der Waals surface area contributed by atoms with Gasteiger partial charge in [0.25, 0.3) is 0 Å². The first-order valence-electron chi connectivity index (χ1n) is 4.43. The molecule has 5 nitrogen and oxygen atoms in total. The predicted octanol–water partition coefficient (Wildman–Crippen LogP) is 1.08. The summed E-state index contributed by atoms with van der Waals surface area (Å²) in [6.07, 6.45) is 0. The number of sulfonamides is 1. The minimum Gasteiger partial charge on any atom is -0.495 e. The van der Waals surface area contributed by atoms with Crippen molar-refractivity contribution in [1.29, 1.82) is 0 Å². The van der Waals surface area contributed by atoms with Crippen LogP contribution in [0.15, 0.2) is 18.2 Å². The summed E-state index contributed by atoms with van der Waals surface area (Å²) in [6, 6.07) is 4.58. The van der Waals surface area contributed by atoms with E-state index in [1.165, 1.54) is 13.2 Å². The summed E-state index contributed by atoms with van der Waals surface area (Å²) in [5.41, 5.74) is 0.253. The van der Waals surface area contributed by atoms with Gasteiger partial charge in [-0.3, -0.25) is 4.72 Å². The molecule has 1 rings (SSSR count). The average molecular weight is 266 g/mol. The molecule has 7 heteroatoms. The van der Waals surface area contributed by atoms with Crippen molar-refractivity contribution in [2.45, 2.75) is 0 Å². The minimum atomic E-state index is -3.57. The monoisotopic (exact) mass is 265 g/mol. The second-order valence-electron chi connectivity index (χ2n) is 2.99. The third-order valence-corrected chi connectivity index (χ3v) is 3.27. The van der Waals surface area contributed by atoms with Gasteiger partial charge in [0.1, 0.15) is 5.75 Å². The number of rotatable bonds is 5. The van der Waals surface area contributed by atoms with Crippen molar-refractivity contribution >= 4 is 27.3 Å². The Labute approximate surface area is 99.0 Å². The zero-order valence-electron chi connectivity index (χ0n) is 8.60. The van der Waals surface area contributed by atoms with E-state index in [9.17, 15) is 8.42 Å². The topological polar surface area (TPSA) is 75.6 Å². The van der Waals surface area contributed by atoms with Crippen molar-refractivity contribution < 1.29 is 18.3 Å². The lowest BCUT2D eigenvalue weighted by molar-refractivity contribution is 0.320. The molecular formula is C9H12ClNO4S.